The molecule has 1 atom stereocenters. The first-order valence-corrected chi connectivity index (χ1v) is 11.3. The van der Waals surface area contributed by atoms with Crippen molar-refractivity contribution >= 4 is 32.5 Å². The van der Waals surface area contributed by atoms with Crippen LogP contribution in [0.2, 0.25) is 0 Å². The van der Waals surface area contributed by atoms with Crippen LogP contribution in [0, 0.1) is 6.92 Å². The number of fused-ring (bicyclic) bond motifs is 2. The number of nitrogens with zero attached hydrogens (tertiary/aromatic N) is 2. The summed E-state index contributed by atoms with van der Waals surface area (Å²) in [5.74, 6) is -0.111. The number of aryl methyl sites for hydroxylation is 1. The number of hydrogen-bond acceptors (Lipinski definition) is 6. The molecule has 3 aromatic rings. The Labute approximate surface area is 175 Å². The van der Waals surface area contributed by atoms with E-state index < -0.39 is 21.3 Å². The number of aromatic nitrogens is 1. The van der Waals surface area contributed by atoms with Crippen LogP contribution in [0.3, 0.4) is 0 Å². The van der Waals surface area contributed by atoms with E-state index in [0.29, 0.717) is 33.9 Å². The van der Waals surface area contributed by atoms with Crippen LogP contribution in [0.5, 0.6) is 0 Å². The third-order valence-corrected chi connectivity index (χ3v) is 7.43. The van der Waals surface area contributed by atoms with Gasteiger partial charge in [0.15, 0.2) is 9.84 Å². The van der Waals surface area contributed by atoms with Crippen molar-refractivity contribution in [1.29, 1.82) is 0 Å². The van der Waals surface area contributed by atoms with Crippen molar-refractivity contribution in [2.24, 2.45) is 11.5 Å². The highest BCUT2D eigenvalue weighted by Gasteiger charge is 2.32. The maximum Gasteiger partial charge on any atom is 0.241 e. The van der Waals surface area contributed by atoms with Crippen molar-refractivity contribution < 1.29 is 13.2 Å². The number of primary amides is 1. The van der Waals surface area contributed by atoms with Gasteiger partial charge in [-0.3, -0.25) is 4.79 Å². The summed E-state index contributed by atoms with van der Waals surface area (Å²) in [7, 11) is -3.39. The fourth-order valence-electron chi connectivity index (χ4n) is 3.81. The van der Waals surface area contributed by atoms with E-state index >= 15 is 0 Å². The smallest absolute Gasteiger partial charge is 0.241 e. The molecule has 0 aliphatic carbocycles. The monoisotopic (exact) mass is 424 g/mol. The summed E-state index contributed by atoms with van der Waals surface area (Å²) in [6.07, 6.45) is 0. The number of amides is 1. The highest BCUT2D eigenvalue weighted by atomic mass is 32.2. The van der Waals surface area contributed by atoms with Crippen LogP contribution in [0.15, 0.2) is 53.4 Å². The molecule has 1 aliphatic rings. The largest absolute Gasteiger partial charge is 0.368 e. The highest BCUT2D eigenvalue weighted by molar-refractivity contribution is 7.91. The molecule has 1 aliphatic heterocycles. The van der Waals surface area contributed by atoms with E-state index in [9.17, 15) is 13.2 Å². The molecule has 156 valence electrons. The number of hydrogen-bond donors (Lipinski definition) is 2. The molecular formula is C22H24N4O3S. The molecule has 0 bridgehead atoms. The number of pyridine rings is 1. The Morgan fingerprint density at radius 3 is 2.63 bits per heavy atom. The summed E-state index contributed by atoms with van der Waals surface area (Å²) in [4.78, 5) is 19.1. The lowest BCUT2D eigenvalue weighted by atomic mass is 9.89. The van der Waals surface area contributed by atoms with Gasteiger partial charge >= 0.3 is 0 Å². The number of benzene rings is 2. The Morgan fingerprint density at radius 1 is 1.17 bits per heavy atom. The van der Waals surface area contributed by atoms with Crippen molar-refractivity contribution in [1.82, 2.24) is 4.98 Å². The molecule has 0 spiro atoms. The van der Waals surface area contributed by atoms with Gasteiger partial charge < -0.3 is 16.4 Å². The van der Waals surface area contributed by atoms with Crippen LogP contribution in [0.4, 0.5) is 5.82 Å². The Kier molecular flexibility index (Phi) is 4.79. The highest BCUT2D eigenvalue weighted by Crippen LogP contribution is 2.32. The number of rotatable bonds is 3. The van der Waals surface area contributed by atoms with E-state index in [1.807, 2.05) is 42.2 Å². The summed E-state index contributed by atoms with van der Waals surface area (Å²) < 4.78 is 25.4. The minimum atomic E-state index is -3.39. The minimum absolute atomic E-state index is 0.0251. The van der Waals surface area contributed by atoms with Gasteiger partial charge in [0.2, 0.25) is 5.91 Å². The SMILES string of the molecule is Cc1ccc2nc(N3CCS(=O)(=O)c4ccccc4C3)cc([C@@](C)(N)C(N)=O)c2c1. The quantitative estimate of drug-likeness (QED) is 0.664. The normalized spacial score (nSPS) is 17.8. The van der Waals surface area contributed by atoms with Crippen molar-refractivity contribution in [3.8, 4) is 0 Å². The van der Waals surface area contributed by atoms with Gasteiger partial charge in [0, 0.05) is 18.5 Å². The second-order valence-electron chi connectivity index (χ2n) is 7.96. The first-order chi connectivity index (χ1) is 14.1. The van der Waals surface area contributed by atoms with Crippen LogP contribution in [0.25, 0.3) is 10.9 Å². The van der Waals surface area contributed by atoms with Crippen molar-refractivity contribution in [2.45, 2.75) is 30.8 Å². The molecule has 1 amide bonds. The molecule has 4 rings (SSSR count). The molecule has 8 heteroatoms. The number of sulfone groups is 1. The van der Waals surface area contributed by atoms with E-state index in [4.69, 9.17) is 16.5 Å². The first kappa shape index (κ1) is 20.3. The summed E-state index contributed by atoms with van der Waals surface area (Å²) >= 11 is 0. The van der Waals surface area contributed by atoms with Crippen molar-refractivity contribution in [2.75, 3.05) is 17.2 Å². The Morgan fingerprint density at radius 2 is 1.90 bits per heavy atom. The average Bonchev–Trinajstić information content (AvgIpc) is 2.83. The third-order valence-electron chi connectivity index (χ3n) is 5.64. The Balaban J connectivity index is 1.90. The molecule has 4 N–H and O–H groups in total. The lowest BCUT2D eigenvalue weighted by Crippen LogP contribution is -2.46. The summed E-state index contributed by atoms with van der Waals surface area (Å²) in [6, 6.07) is 14.5. The fourth-order valence-corrected chi connectivity index (χ4v) is 5.31. The summed E-state index contributed by atoms with van der Waals surface area (Å²) in [5.41, 5.74) is 13.5. The molecule has 0 fully saturated rings. The zero-order valence-electron chi connectivity index (χ0n) is 16.9. The number of carbonyl (C=O) groups is 1. The molecule has 7 nitrogen and oxygen atoms in total. The van der Waals surface area contributed by atoms with Gasteiger partial charge in [0.05, 0.1) is 16.2 Å². The second kappa shape index (κ2) is 7.07. The topological polar surface area (TPSA) is 119 Å². The number of anilines is 1. The Bertz CT molecular complexity index is 1270. The molecule has 0 saturated heterocycles. The lowest BCUT2D eigenvalue weighted by molar-refractivity contribution is -0.122. The standard InChI is InChI=1S/C22H24N4O3S/c1-14-7-8-18-16(11-14)17(22(2,24)21(23)27)12-20(25-18)26-9-10-30(28,29)19-6-4-3-5-15(19)13-26/h3-8,11-12H,9-10,13,24H2,1-2H3,(H2,23,27)/t22-/m1/s1. The predicted molar refractivity (Wildman–Crippen MR) is 117 cm³/mol. The van der Waals surface area contributed by atoms with Gasteiger partial charge in [-0.15, -0.1) is 0 Å². The minimum Gasteiger partial charge on any atom is -0.368 e. The van der Waals surface area contributed by atoms with Crippen molar-refractivity contribution in [3.05, 3.63) is 65.2 Å². The van der Waals surface area contributed by atoms with E-state index in [1.165, 1.54) is 0 Å². The summed E-state index contributed by atoms with van der Waals surface area (Å²) in [6.45, 7) is 4.19. The molecular weight excluding hydrogens is 400 g/mol. The zero-order chi connectivity index (χ0) is 21.7. The molecule has 0 radical (unpaired) electrons. The average molecular weight is 425 g/mol. The van der Waals surface area contributed by atoms with Crippen molar-refractivity contribution in [3.63, 3.8) is 0 Å². The third kappa shape index (κ3) is 3.42. The van der Waals surface area contributed by atoms with Gasteiger partial charge in [0.1, 0.15) is 11.4 Å². The van der Waals surface area contributed by atoms with E-state index in [-0.39, 0.29) is 12.3 Å². The van der Waals surface area contributed by atoms with Gasteiger partial charge in [-0.2, -0.15) is 0 Å². The maximum absolute atomic E-state index is 12.7. The molecule has 0 unspecified atom stereocenters. The molecule has 30 heavy (non-hydrogen) atoms. The lowest BCUT2D eigenvalue weighted by Gasteiger charge is -2.27. The predicted octanol–water partition coefficient (Wildman–Crippen LogP) is 2.00. The second-order valence-corrected chi connectivity index (χ2v) is 10.0. The first-order valence-electron chi connectivity index (χ1n) is 9.66. The van der Waals surface area contributed by atoms with Gasteiger partial charge in [0.25, 0.3) is 0 Å². The number of nitrogens with two attached hydrogens (primary N) is 2. The molecule has 1 aromatic heterocycles. The molecule has 2 heterocycles. The maximum atomic E-state index is 12.7. The summed E-state index contributed by atoms with van der Waals surface area (Å²) in [5, 5.41) is 0.755. The van der Waals surface area contributed by atoms with Gasteiger partial charge in [-0.1, -0.05) is 29.8 Å². The van der Waals surface area contributed by atoms with E-state index in [0.717, 1.165) is 10.9 Å². The van der Waals surface area contributed by atoms with Crippen LogP contribution >= 0.6 is 0 Å². The van der Waals surface area contributed by atoms with Crippen LogP contribution in [-0.2, 0) is 26.7 Å². The Hall–Kier alpha value is -2.97. The van der Waals surface area contributed by atoms with Gasteiger partial charge in [-0.05, 0) is 49.2 Å². The van der Waals surface area contributed by atoms with Crippen LogP contribution < -0.4 is 16.4 Å². The van der Waals surface area contributed by atoms with Crippen LogP contribution in [-0.4, -0.2) is 31.6 Å². The zero-order valence-corrected chi connectivity index (χ0v) is 17.7. The van der Waals surface area contributed by atoms with Gasteiger partial charge in [-0.25, -0.2) is 13.4 Å². The van der Waals surface area contributed by atoms with E-state index in [1.54, 1.807) is 25.1 Å². The van der Waals surface area contributed by atoms with E-state index in [2.05, 4.69) is 0 Å². The fraction of sp³-hybridized carbons (Fsp3) is 0.273. The van der Waals surface area contributed by atoms with Crippen LogP contribution in [0.1, 0.15) is 23.6 Å². The number of carbonyl (C=O) groups excluding carboxylic acids is 1. The molecule has 2 aromatic carbocycles. The molecule has 0 saturated carbocycles.